The van der Waals surface area contributed by atoms with Crippen LogP contribution in [0.1, 0.15) is 55.6 Å². The molecular formula is C19H40Cl2MnN5O-5. The number of halogens is 2. The van der Waals surface area contributed by atoms with Gasteiger partial charge in [-0.1, -0.05) is 51.4 Å². The van der Waals surface area contributed by atoms with Crippen LogP contribution in [-0.2, 0) is 13.1 Å². The number of aliphatic hydroxyl groups is 1. The Hall–Kier alpha value is 0.859. The van der Waals surface area contributed by atoms with E-state index >= 15 is 0 Å². The molecule has 0 aromatic carbocycles. The Morgan fingerprint density at radius 1 is 0.679 bits per heavy atom. The maximum Gasteiger partial charge on any atom is 0 e. The van der Waals surface area contributed by atoms with Crippen molar-refractivity contribution < 1.29 is 22.5 Å². The average molecular weight is 480 g/mol. The van der Waals surface area contributed by atoms with Crippen LogP contribution in [0.2, 0.25) is 0 Å². The van der Waals surface area contributed by atoms with Crippen LogP contribution in [-0.4, -0.2) is 74.6 Å². The summed E-state index contributed by atoms with van der Waals surface area (Å²) in [4.78, 5) is 0. The first kappa shape index (κ1) is 25.1. The molecule has 0 amide bonds. The fraction of sp³-hybridized carbons (Fsp3) is 1.00. The SMILES string of the molecule is OC[C@@H]1C[N-][C@@H]2CCCC[C@H]2[N-]CC[N-]C2CCCCC2[N-]CC[N-]1.[Cl][Mn][Cl].[HH].[HH].[HH]. The van der Waals surface area contributed by atoms with Gasteiger partial charge in [0.25, 0.3) is 0 Å². The van der Waals surface area contributed by atoms with Gasteiger partial charge in [0.15, 0.2) is 0 Å². The molecule has 0 spiro atoms. The summed E-state index contributed by atoms with van der Waals surface area (Å²) in [6.07, 6.45) is 9.66. The smallest absolute Gasteiger partial charge is 0 e. The van der Waals surface area contributed by atoms with Crippen LogP contribution in [0.4, 0.5) is 0 Å². The van der Waals surface area contributed by atoms with Gasteiger partial charge < -0.3 is 31.7 Å². The minimum absolute atomic E-state index is 0. The van der Waals surface area contributed by atoms with E-state index < -0.39 is 0 Å². The van der Waals surface area contributed by atoms with Crippen molar-refractivity contribution in [2.24, 2.45) is 0 Å². The number of hydrogen-bond donors (Lipinski definition) is 1. The van der Waals surface area contributed by atoms with Crippen molar-refractivity contribution in [3.05, 3.63) is 26.6 Å². The summed E-state index contributed by atoms with van der Waals surface area (Å²) >= 11 is 0.00694. The van der Waals surface area contributed by atoms with Crippen molar-refractivity contribution in [2.75, 3.05) is 39.3 Å². The van der Waals surface area contributed by atoms with Crippen LogP contribution in [0.15, 0.2) is 0 Å². The van der Waals surface area contributed by atoms with Crippen molar-refractivity contribution in [3.8, 4) is 0 Å². The zero-order chi connectivity index (χ0) is 20.0. The van der Waals surface area contributed by atoms with Crippen LogP contribution < -0.4 is 0 Å². The Balaban J connectivity index is 0. The van der Waals surface area contributed by atoms with E-state index in [9.17, 15) is 5.11 Å². The molecule has 2 unspecified atom stereocenters. The zero-order valence-electron chi connectivity index (χ0n) is 16.6. The van der Waals surface area contributed by atoms with Crippen molar-refractivity contribution in [1.29, 1.82) is 0 Å². The molecule has 28 heavy (non-hydrogen) atoms. The van der Waals surface area contributed by atoms with Gasteiger partial charge in [0.2, 0.25) is 0 Å². The van der Waals surface area contributed by atoms with E-state index in [1.165, 1.54) is 32.1 Å². The molecule has 0 aromatic heterocycles. The molecule has 3 rings (SSSR count). The molecule has 0 aromatic rings. The van der Waals surface area contributed by atoms with Gasteiger partial charge in [-0.05, 0) is 0 Å². The molecule has 173 valence electrons. The van der Waals surface area contributed by atoms with Gasteiger partial charge >= 0.3 is 33.3 Å². The van der Waals surface area contributed by atoms with Crippen LogP contribution in [0, 0.1) is 0 Å². The molecule has 1 aliphatic heterocycles. The van der Waals surface area contributed by atoms with Crippen molar-refractivity contribution in [1.82, 2.24) is 0 Å². The predicted molar refractivity (Wildman–Crippen MR) is 122 cm³/mol. The van der Waals surface area contributed by atoms with E-state index in [0.29, 0.717) is 37.3 Å². The Morgan fingerprint density at radius 3 is 1.43 bits per heavy atom. The summed E-state index contributed by atoms with van der Waals surface area (Å²) in [5.74, 6) is 0. The largest absolute Gasteiger partial charge is 0 e. The molecule has 3 fully saturated rings. The summed E-state index contributed by atoms with van der Waals surface area (Å²) in [6, 6.07) is 1.34. The molecule has 2 saturated carbocycles. The molecule has 0 bridgehead atoms. The quantitative estimate of drug-likeness (QED) is 0.461. The Labute approximate surface area is 190 Å². The predicted octanol–water partition coefficient (Wildman–Crippen LogP) is 5.97. The second kappa shape index (κ2) is 15.6. The van der Waals surface area contributed by atoms with Gasteiger partial charge in [0.05, 0.1) is 0 Å². The number of rotatable bonds is 1. The molecule has 0 radical (unpaired) electrons. The summed E-state index contributed by atoms with van der Waals surface area (Å²) in [7, 11) is 9.59. The first-order chi connectivity index (χ1) is 13.8. The number of aliphatic hydroxyl groups excluding tert-OH is 1. The normalized spacial score (nSPS) is 35.9. The second-order valence-corrected chi connectivity index (χ2v) is 9.67. The molecule has 9 heteroatoms. The third kappa shape index (κ3) is 9.34. The van der Waals surface area contributed by atoms with E-state index in [1.807, 2.05) is 0 Å². The molecule has 6 nitrogen and oxygen atoms in total. The molecule has 1 heterocycles. The second-order valence-electron chi connectivity index (χ2n) is 7.72. The van der Waals surface area contributed by atoms with Crippen molar-refractivity contribution in [2.45, 2.75) is 81.6 Å². The first-order valence-electron chi connectivity index (χ1n) is 10.6. The Kier molecular flexibility index (Phi) is 14.0. The summed E-state index contributed by atoms with van der Waals surface area (Å²) in [5.41, 5.74) is 0. The van der Waals surface area contributed by atoms with E-state index in [0.717, 1.165) is 38.9 Å². The molecule has 1 N–H and O–H groups in total. The third-order valence-electron chi connectivity index (χ3n) is 5.83. The maximum atomic E-state index is 9.60. The summed E-state index contributed by atoms with van der Waals surface area (Å²) < 4.78 is 0. The summed E-state index contributed by atoms with van der Waals surface area (Å²) in [6.45, 7) is 3.83. The van der Waals surface area contributed by atoms with Crippen LogP contribution >= 0.6 is 20.2 Å². The van der Waals surface area contributed by atoms with E-state index in [2.05, 4.69) is 5.32 Å². The minimum Gasteiger partial charge on any atom is 0 e. The van der Waals surface area contributed by atoms with Gasteiger partial charge in [-0.2, -0.15) is 56.9 Å². The van der Waals surface area contributed by atoms with Crippen molar-refractivity contribution >= 4 is 20.2 Å². The molecule has 2 aliphatic carbocycles. The maximum absolute atomic E-state index is 9.60. The van der Waals surface area contributed by atoms with Gasteiger partial charge in [-0.15, -0.1) is 6.04 Å². The Bertz CT molecular complexity index is 414. The van der Waals surface area contributed by atoms with Gasteiger partial charge in [0.1, 0.15) is 0 Å². The topological polar surface area (TPSA) is 90.7 Å². The first-order valence-corrected chi connectivity index (χ1v) is 13.8. The molecule has 5 atom stereocenters. The average Bonchev–Trinajstić information content (AvgIpc) is 2.73. The minimum atomic E-state index is -0.0743. The van der Waals surface area contributed by atoms with Crippen LogP contribution in [0.5, 0.6) is 0 Å². The zero-order valence-corrected chi connectivity index (χ0v) is 19.3. The van der Waals surface area contributed by atoms with E-state index in [4.69, 9.17) is 41.5 Å². The Morgan fingerprint density at radius 2 is 1.04 bits per heavy atom. The van der Waals surface area contributed by atoms with E-state index in [-0.39, 0.29) is 30.1 Å². The van der Waals surface area contributed by atoms with Crippen LogP contribution in [0.25, 0.3) is 26.6 Å². The molecule has 3 aliphatic rings. The molecule has 1 saturated heterocycles. The third-order valence-corrected chi connectivity index (χ3v) is 5.83. The monoisotopic (exact) mass is 479 g/mol. The number of hydrogen-bond acceptors (Lipinski definition) is 1. The fourth-order valence-corrected chi connectivity index (χ4v) is 4.38. The van der Waals surface area contributed by atoms with Gasteiger partial charge in [-0.25, -0.2) is 0 Å². The van der Waals surface area contributed by atoms with E-state index in [1.54, 1.807) is 0 Å². The van der Waals surface area contributed by atoms with Gasteiger partial charge in [-0.3, -0.25) is 0 Å². The number of nitrogens with zero attached hydrogens (tertiary/aromatic N) is 5. The number of fused-ring (bicyclic) bond motifs is 2. The standard InChI is InChI=1S/C19H34N5O.2ClH.Mn.3H2/c25-14-15-13-24-19-8-4-3-7-18(19)23-12-11-22-17-6-2-1-5-16(17)21-10-9-20-15;;;;;;/h15-19,25H,1-14H2;2*1H;;3*1H/q-5;;;+2;;;/p-2/t15-,16?,17?,18+,19+;;;;;;/m0....../s1. The molecular weight excluding hydrogens is 440 g/mol. The fourth-order valence-electron chi connectivity index (χ4n) is 4.38. The van der Waals surface area contributed by atoms with Gasteiger partial charge in [0, 0.05) is 10.9 Å². The summed E-state index contributed by atoms with van der Waals surface area (Å²) in [5, 5.41) is 33.8. The van der Waals surface area contributed by atoms with Crippen LogP contribution in [0.3, 0.4) is 0 Å². The van der Waals surface area contributed by atoms with Crippen molar-refractivity contribution in [3.63, 3.8) is 0 Å².